The van der Waals surface area contributed by atoms with Gasteiger partial charge in [-0.1, -0.05) is 6.07 Å². The molecule has 1 N–H and O–H groups in total. The minimum atomic E-state index is -0.354. The summed E-state index contributed by atoms with van der Waals surface area (Å²) in [5, 5.41) is 5.12. The van der Waals surface area contributed by atoms with Crippen LogP contribution in [0.5, 0.6) is 0 Å². The Kier molecular flexibility index (Phi) is 7.40. The van der Waals surface area contributed by atoms with Gasteiger partial charge in [0, 0.05) is 53.1 Å². The number of aromatic nitrogens is 1. The van der Waals surface area contributed by atoms with Gasteiger partial charge in [0.25, 0.3) is 5.91 Å². The molecule has 3 aromatic rings. The number of Topliss-reactive ketones (excluding diaryl/α,β-unsaturated/α-hetero) is 1. The van der Waals surface area contributed by atoms with E-state index in [1.54, 1.807) is 11.3 Å². The Bertz CT molecular complexity index is 1100. The van der Waals surface area contributed by atoms with E-state index in [0.29, 0.717) is 12.1 Å². The molecule has 0 saturated carbocycles. The first-order chi connectivity index (χ1) is 15.9. The Labute approximate surface area is 198 Å². The van der Waals surface area contributed by atoms with Crippen molar-refractivity contribution in [2.24, 2.45) is 0 Å². The number of thiophene rings is 1. The van der Waals surface area contributed by atoms with E-state index in [2.05, 4.69) is 39.2 Å². The number of likely N-dealkylation sites (tertiary alicyclic amines) is 1. The first-order valence-corrected chi connectivity index (χ1v) is 12.3. The highest BCUT2D eigenvalue weighted by molar-refractivity contribution is 7.09. The largest absolute Gasteiger partial charge is 0.349 e. The minimum absolute atomic E-state index is 0.0659. The zero-order chi connectivity index (χ0) is 23.4. The molecule has 0 bridgehead atoms. The first-order valence-electron chi connectivity index (χ1n) is 11.4. The quantitative estimate of drug-likeness (QED) is 0.492. The van der Waals surface area contributed by atoms with Gasteiger partial charge >= 0.3 is 0 Å². The fourth-order valence-corrected chi connectivity index (χ4v) is 5.20. The summed E-state index contributed by atoms with van der Waals surface area (Å²) in [6, 6.07) is 11.9. The molecule has 1 aromatic carbocycles. The number of nitrogens with one attached hydrogen (secondary N) is 1. The van der Waals surface area contributed by atoms with Crippen LogP contribution in [0.1, 0.15) is 49.8 Å². The van der Waals surface area contributed by atoms with Crippen LogP contribution in [-0.2, 0) is 13.0 Å². The van der Waals surface area contributed by atoms with Crippen molar-refractivity contribution in [3.8, 4) is 0 Å². The zero-order valence-electron chi connectivity index (χ0n) is 19.1. The SMILES string of the molecule is Cc1cc(C(=O)CN2CCC(NC(=O)c3ccc(F)cc3)CC2)c(C)n1CCc1cccs1. The number of nitrogens with zero attached hydrogens (tertiary/aromatic N) is 2. The van der Waals surface area contributed by atoms with Gasteiger partial charge in [-0.3, -0.25) is 14.5 Å². The second-order valence-electron chi connectivity index (χ2n) is 8.72. The van der Waals surface area contributed by atoms with Crippen LogP contribution < -0.4 is 5.32 Å². The summed E-state index contributed by atoms with van der Waals surface area (Å²) in [6.07, 6.45) is 2.55. The molecular formula is C26H30FN3O2S. The lowest BCUT2D eigenvalue weighted by molar-refractivity contribution is 0.0858. The number of carbonyl (C=O) groups excluding carboxylic acids is 2. The molecule has 1 aliphatic heterocycles. The molecule has 5 nitrogen and oxygen atoms in total. The molecule has 0 unspecified atom stereocenters. The summed E-state index contributed by atoms with van der Waals surface area (Å²) in [7, 11) is 0. The third kappa shape index (κ3) is 5.78. The lowest BCUT2D eigenvalue weighted by atomic mass is 10.0. The average molecular weight is 468 g/mol. The van der Waals surface area contributed by atoms with Crippen molar-refractivity contribution < 1.29 is 14.0 Å². The molecule has 1 amide bonds. The van der Waals surface area contributed by atoms with Crippen LogP contribution in [0.3, 0.4) is 0 Å². The molecule has 3 heterocycles. The predicted octanol–water partition coefficient (Wildman–Crippen LogP) is 4.63. The van der Waals surface area contributed by atoms with Gasteiger partial charge in [0.15, 0.2) is 5.78 Å². The maximum absolute atomic E-state index is 13.1. The van der Waals surface area contributed by atoms with Gasteiger partial charge in [-0.15, -0.1) is 11.3 Å². The van der Waals surface area contributed by atoms with Crippen LogP contribution in [0, 0.1) is 19.7 Å². The normalized spacial score (nSPS) is 15.0. The van der Waals surface area contributed by atoms with Crippen LogP contribution >= 0.6 is 11.3 Å². The number of piperidine rings is 1. The van der Waals surface area contributed by atoms with E-state index >= 15 is 0 Å². The molecule has 0 radical (unpaired) electrons. The standard InChI is InChI=1S/C26H30FN3O2S/c1-18-16-24(19(2)30(18)14-11-23-4-3-15-33-23)25(31)17-29-12-9-22(10-13-29)28-26(32)20-5-7-21(27)8-6-20/h3-8,15-16,22H,9-14,17H2,1-2H3,(H,28,32). The van der Waals surface area contributed by atoms with Crippen molar-refractivity contribution in [3.63, 3.8) is 0 Å². The van der Waals surface area contributed by atoms with Gasteiger partial charge in [0.2, 0.25) is 0 Å². The maximum Gasteiger partial charge on any atom is 0.251 e. The number of amides is 1. The summed E-state index contributed by atoms with van der Waals surface area (Å²) >= 11 is 1.76. The molecule has 33 heavy (non-hydrogen) atoms. The second-order valence-corrected chi connectivity index (χ2v) is 9.75. The van der Waals surface area contributed by atoms with Crippen LogP contribution in [0.2, 0.25) is 0 Å². The second kappa shape index (κ2) is 10.4. The molecule has 2 aromatic heterocycles. The number of rotatable bonds is 8. The van der Waals surface area contributed by atoms with Crippen LogP contribution in [0.25, 0.3) is 0 Å². The molecule has 0 spiro atoms. The van der Waals surface area contributed by atoms with Crippen molar-refractivity contribution in [1.29, 1.82) is 0 Å². The third-order valence-electron chi connectivity index (χ3n) is 6.43. The Morgan fingerprint density at radius 1 is 1.12 bits per heavy atom. The molecular weight excluding hydrogens is 437 g/mol. The molecule has 1 fully saturated rings. The van der Waals surface area contributed by atoms with Crippen molar-refractivity contribution in [1.82, 2.24) is 14.8 Å². The van der Waals surface area contributed by atoms with Gasteiger partial charge in [-0.25, -0.2) is 4.39 Å². The average Bonchev–Trinajstić information content (AvgIpc) is 3.42. The lowest BCUT2D eigenvalue weighted by Gasteiger charge is -2.31. The van der Waals surface area contributed by atoms with E-state index in [4.69, 9.17) is 0 Å². The van der Waals surface area contributed by atoms with E-state index in [1.807, 2.05) is 13.0 Å². The monoisotopic (exact) mass is 467 g/mol. The molecule has 4 rings (SSSR count). The number of ketones is 1. The molecule has 7 heteroatoms. The van der Waals surface area contributed by atoms with Crippen LogP contribution in [-0.4, -0.2) is 46.8 Å². The fraction of sp³-hybridized carbons (Fsp3) is 0.385. The fourth-order valence-electron chi connectivity index (χ4n) is 4.50. The number of hydrogen-bond acceptors (Lipinski definition) is 4. The summed E-state index contributed by atoms with van der Waals surface area (Å²) in [6.45, 7) is 6.90. The van der Waals surface area contributed by atoms with Crippen molar-refractivity contribution >= 4 is 23.0 Å². The predicted molar refractivity (Wildman–Crippen MR) is 130 cm³/mol. The Hall–Kier alpha value is -2.77. The van der Waals surface area contributed by atoms with Crippen molar-refractivity contribution in [2.75, 3.05) is 19.6 Å². The smallest absolute Gasteiger partial charge is 0.251 e. The molecule has 1 aliphatic rings. The van der Waals surface area contributed by atoms with Crippen molar-refractivity contribution in [2.45, 2.75) is 45.7 Å². The highest BCUT2D eigenvalue weighted by Gasteiger charge is 2.24. The number of hydrogen-bond donors (Lipinski definition) is 1. The number of halogens is 1. The van der Waals surface area contributed by atoms with Gasteiger partial charge in [0.1, 0.15) is 5.82 Å². The van der Waals surface area contributed by atoms with E-state index in [-0.39, 0.29) is 23.5 Å². The van der Waals surface area contributed by atoms with E-state index in [9.17, 15) is 14.0 Å². The molecule has 0 aliphatic carbocycles. The Morgan fingerprint density at radius 3 is 2.52 bits per heavy atom. The highest BCUT2D eigenvalue weighted by atomic mass is 32.1. The minimum Gasteiger partial charge on any atom is -0.349 e. The van der Waals surface area contributed by atoms with Crippen molar-refractivity contribution in [3.05, 3.63) is 81.1 Å². The van der Waals surface area contributed by atoms with E-state index in [1.165, 1.54) is 29.1 Å². The number of aryl methyl sites for hydroxylation is 2. The van der Waals surface area contributed by atoms with Crippen LogP contribution in [0.4, 0.5) is 4.39 Å². The molecule has 0 atom stereocenters. The Balaban J connectivity index is 1.28. The summed E-state index contributed by atoms with van der Waals surface area (Å²) < 4.78 is 15.3. The van der Waals surface area contributed by atoms with Gasteiger partial charge < -0.3 is 9.88 Å². The van der Waals surface area contributed by atoms with E-state index < -0.39 is 0 Å². The molecule has 1 saturated heterocycles. The topological polar surface area (TPSA) is 54.3 Å². The molecule has 174 valence electrons. The van der Waals surface area contributed by atoms with Crippen LogP contribution in [0.15, 0.2) is 47.8 Å². The van der Waals surface area contributed by atoms with Gasteiger partial charge in [-0.05, 0) is 74.9 Å². The van der Waals surface area contributed by atoms with Gasteiger partial charge in [0.05, 0.1) is 6.54 Å². The first kappa shape index (κ1) is 23.4. The van der Waals surface area contributed by atoms with Gasteiger partial charge in [-0.2, -0.15) is 0 Å². The number of benzene rings is 1. The van der Waals surface area contributed by atoms with E-state index in [0.717, 1.165) is 55.8 Å². The lowest BCUT2D eigenvalue weighted by Crippen LogP contribution is -2.46. The maximum atomic E-state index is 13.1. The Morgan fingerprint density at radius 2 is 1.85 bits per heavy atom. The number of carbonyl (C=O) groups is 2. The summed E-state index contributed by atoms with van der Waals surface area (Å²) in [5.41, 5.74) is 3.43. The zero-order valence-corrected chi connectivity index (χ0v) is 20.0. The third-order valence-corrected chi connectivity index (χ3v) is 7.37. The summed E-state index contributed by atoms with van der Waals surface area (Å²) in [4.78, 5) is 28.9. The summed E-state index contributed by atoms with van der Waals surface area (Å²) in [5.74, 6) is -0.383. The highest BCUT2D eigenvalue weighted by Crippen LogP contribution is 2.20.